The smallest absolute Gasteiger partial charge is 0.228 e. The van der Waals surface area contributed by atoms with Crippen molar-refractivity contribution in [2.45, 2.75) is 25.1 Å². The normalized spacial score (nSPS) is 29.8. The molecule has 2 atom stereocenters. The molecule has 90 valence electrons. The Kier molecular flexibility index (Phi) is 2.83. The topological polar surface area (TPSA) is 29.1 Å². The van der Waals surface area contributed by atoms with Gasteiger partial charge in [-0.05, 0) is 36.3 Å². The molecule has 3 heteroatoms. The van der Waals surface area contributed by atoms with Gasteiger partial charge in [0, 0.05) is 17.5 Å². The van der Waals surface area contributed by atoms with Crippen molar-refractivity contribution in [1.82, 2.24) is 0 Å². The molecular formula is C14H16ClNO. The van der Waals surface area contributed by atoms with Crippen molar-refractivity contribution < 1.29 is 4.79 Å². The van der Waals surface area contributed by atoms with E-state index < -0.39 is 0 Å². The molecule has 1 aromatic carbocycles. The van der Waals surface area contributed by atoms with Crippen LogP contribution >= 0.6 is 11.6 Å². The van der Waals surface area contributed by atoms with Gasteiger partial charge >= 0.3 is 0 Å². The molecule has 1 aromatic rings. The number of rotatable bonds is 3. The van der Waals surface area contributed by atoms with Gasteiger partial charge in [0.25, 0.3) is 0 Å². The first-order chi connectivity index (χ1) is 8.31. The number of nitrogens with one attached hydrogen (secondary N) is 1. The third-order valence-corrected chi connectivity index (χ3v) is 4.42. The SMILES string of the molecule is O=C(Nc1ccccc1CCl)C1C2CCCC21. The number of carbonyl (C=O) groups is 1. The van der Waals surface area contributed by atoms with E-state index in [1.807, 2.05) is 24.3 Å². The summed E-state index contributed by atoms with van der Waals surface area (Å²) < 4.78 is 0. The third-order valence-electron chi connectivity index (χ3n) is 4.13. The molecule has 3 rings (SSSR count). The van der Waals surface area contributed by atoms with Crippen LogP contribution in [0.1, 0.15) is 24.8 Å². The van der Waals surface area contributed by atoms with Gasteiger partial charge in [-0.15, -0.1) is 11.6 Å². The van der Waals surface area contributed by atoms with E-state index in [2.05, 4.69) is 5.32 Å². The second kappa shape index (κ2) is 4.34. The highest BCUT2D eigenvalue weighted by molar-refractivity contribution is 6.17. The zero-order chi connectivity index (χ0) is 11.8. The fourth-order valence-corrected chi connectivity index (χ4v) is 3.42. The van der Waals surface area contributed by atoms with Crippen LogP contribution in [-0.2, 0) is 10.7 Å². The van der Waals surface area contributed by atoms with Crippen LogP contribution in [0.25, 0.3) is 0 Å². The van der Waals surface area contributed by atoms with Crippen LogP contribution in [0.5, 0.6) is 0 Å². The summed E-state index contributed by atoms with van der Waals surface area (Å²) in [5, 5.41) is 3.03. The maximum Gasteiger partial charge on any atom is 0.228 e. The molecule has 0 aliphatic heterocycles. The Hall–Kier alpha value is -1.02. The minimum absolute atomic E-state index is 0.192. The van der Waals surface area contributed by atoms with Crippen LogP contribution in [0.15, 0.2) is 24.3 Å². The van der Waals surface area contributed by atoms with Crippen molar-refractivity contribution in [3.8, 4) is 0 Å². The van der Waals surface area contributed by atoms with Gasteiger partial charge in [0.2, 0.25) is 5.91 Å². The number of hydrogen-bond donors (Lipinski definition) is 1. The first-order valence-corrected chi connectivity index (χ1v) is 6.79. The lowest BCUT2D eigenvalue weighted by Gasteiger charge is -2.09. The van der Waals surface area contributed by atoms with Crippen LogP contribution in [0.4, 0.5) is 5.69 Å². The first kappa shape index (κ1) is 11.1. The number of anilines is 1. The number of fused-ring (bicyclic) bond motifs is 1. The molecule has 2 unspecified atom stereocenters. The number of amides is 1. The Morgan fingerprint density at radius 1 is 1.29 bits per heavy atom. The molecule has 2 aliphatic carbocycles. The van der Waals surface area contributed by atoms with Gasteiger partial charge in [-0.2, -0.15) is 0 Å². The summed E-state index contributed by atoms with van der Waals surface area (Å²) in [5.41, 5.74) is 1.87. The van der Waals surface area contributed by atoms with E-state index in [-0.39, 0.29) is 11.8 Å². The molecule has 0 saturated heterocycles. The average molecular weight is 250 g/mol. The van der Waals surface area contributed by atoms with Crippen molar-refractivity contribution in [3.63, 3.8) is 0 Å². The van der Waals surface area contributed by atoms with E-state index >= 15 is 0 Å². The number of hydrogen-bond acceptors (Lipinski definition) is 1. The molecule has 17 heavy (non-hydrogen) atoms. The Balaban J connectivity index is 1.69. The van der Waals surface area contributed by atoms with E-state index in [0.717, 1.165) is 11.3 Å². The highest BCUT2D eigenvalue weighted by Gasteiger charge is 2.56. The molecule has 0 radical (unpaired) electrons. The van der Waals surface area contributed by atoms with Crippen molar-refractivity contribution in [2.75, 3.05) is 5.32 Å². The van der Waals surface area contributed by atoms with Gasteiger partial charge in [0.05, 0.1) is 0 Å². The fourth-order valence-electron chi connectivity index (χ4n) is 3.19. The number of benzene rings is 1. The van der Waals surface area contributed by atoms with E-state index in [9.17, 15) is 4.79 Å². The van der Waals surface area contributed by atoms with E-state index in [4.69, 9.17) is 11.6 Å². The first-order valence-electron chi connectivity index (χ1n) is 6.26. The highest BCUT2D eigenvalue weighted by atomic mass is 35.5. The molecule has 2 aliphatic rings. The van der Waals surface area contributed by atoms with Gasteiger partial charge in [-0.3, -0.25) is 4.79 Å². The molecule has 2 fully saturated rings. The van der Waals surface area contributed by atoms with Crippen molar-refractivity contribution >= 4 is 23.2 Å². The zero-order valence-electron chi connectivity index (χ0n) is 9.66. The number of halogens is 1. The molecule has 1 amide bonds. The second-order valence-corrected chi connectivity index (χ2v) is 5.33. The Labute approximate surface area is 106 Å². The quantitative estimate of drug-likeness (QED) is 0.818. The third kappa shape index (κ3) is 1.95. The minimum Gasteiger partial charge on any atom is -0.326 e. The lowest BCUT2D eigenvalue weighted by Crippen LogP contribution is -2.17. The standard InChI is InChI=1S/C14H16ClNO/c15-8-9-4-1-2-7-12(9)16-14(17)13-10-5-3-6-11(10)13/h1-2,4,7,10-11,13H,3,5-6,8H2,(H,16,17). The molecule has 0 bridgehead atoms. The van der Waals surface area contributed by atoms with Crippen molar-refractivity contribution in [3.05, 3.63) is 29.8 Å². The van der Waals surface area contributed by atoms with Gasteiger partial charge in [0.15, 0.2) is 0 Å². The van der Waals surface area contributed by atoms with Crippen LogP contribution in [-0.4, -0.2) is 5.91 Å². The molecule has 1 N–H and O–H groups in total. The van der Waals surface area contributed by atoms with Gasteiger partial charge in [0.1, 0.15) is 0 Å². The maximum atomic E-state index is 12.1. The summed E-state index contributed by atoms with van der Waals surface area (Å²) in [6.45, 7) is 0. The van der Waals surface area contributed by atoms with E-state index in [1.165, 1.54) is 19.3 Å². The molecule has 2 saturated carbocycles. The van der Waals surface area contributed by atoms with Crippen LogP contribution in [0, 0.1) is 17.8 Å². The molecule has 2 nitrogen and oxygen atoms in total. The van der Waals surface area contributed by atoms with Crippen LogP contribution in [0.2, 0.25) is 0 Å². The Morgan fingerprint density at radius 3 is 2.71 bits per heavy atom. The monoisotopic (exact) mass is 249 g/mol. The molecule has 0 spiro atoms. The number of alkyl halides is 1. The lowest BCUT2D eigenvalue weighted by atomic mass is 10.1. The Morgan fingerprint density at radius 2 is 2.00 bits per heavy atom. The second-order valence-electron chi connectivity index (χ2n) is 5.06. The molecular weight excluding hydrogens is 234 g/mol. The molecule has 0 heterocycles. The lowest BCUT2D eigenvalue weighted by molar-refractivity contribution is -0.118. The minimum atomic E-state index is 0.192. The van der Waals surface area contributed by atoms with Crippen LogP contribution in [0.3, 0.4) is 0 Å². The van der Waals surface area contributed by atoms with Crippen LogP contribution < -0.4 is 5.32 Å². The molecule has 0 aromatic heterocycles. The largest absolute Gasteiger partial charge is 0.326 e. The van der Waals surface area contributed by atoms with E-state index in [0.29, 0.717) is 17.7 Å². The Bertz CT molecular complexity index is 436. The summed E-state index contributed by atoms with van der Waals surface area (Å²) in [5.74, 6) is 2.23. The van der Waals surface area contributed by atoms with Gasteiger partial charge < -0.3 is 5.32 Å². The summed E-state index contributed by atoms with van der Waals surface area (Å²) in [7, 11) is 0. The van der Waals surface area contributed by atoms with Crippen molar-refractivity contribution in [2.24, 2.45) is 17.8 Å². The average Bonchev–Trinajstić information content (AvgIpc) is 2.84. The predicted molar refractivity (Wildman–Crippen MR) is 68.9 cm³/mol. The summed E-state index contributed by atoms with van der Waals surface area (Å²) in [6.07, 6.45) is 3.77. The number of carbonyl (C=O) groups excluding carboxylic acids is 1. The maximum absolute atomic E-state index is 12.1. The summed E-state index contributed by atoms with van der Waals surface area (Å²) in [6, 6.07) is 7.75. The van der Waals surface area contributed by atoms with E-state index in [1.54, 1.807) is 0 Å². The highest BCUT2D eigenvalue weighted by Crippen LogP contribution is 2.57. The zero-order valence-corrected chi connectivity index (χ0v) is 10.4. The van der Waals surface area contributed by atoms with Crippen molar-refractivity contribution in [1.29, 1.82) is 0 Å². The fraction of sp³-hybridized carbons (Fsp3) is 0.500. The number of para-hydroxylation sites is 1. The summed E-state index contributed by atoms with van der Waals surface area (Å²) >= 11 is 5.86. The summed E-state index contributed by atoms with van der Waals surface area (Å²) in [4.78, 5) is 12.1. The predicted octanol–water partition coefficient (Wildman–Crippen LogP) is 3.41. The van der Waals surface area contributed by atoms with Gasteiger partial charge in [-0.25, -0.2) is 0 Å². The van der Waals surface area contributed by atoms with Gasteiger partial charge in [-0.1, -0.05) is 24.6 Å².